The van der Waals surface area contributed by atoms with Crippen LogP contribution in [0.3, 0.4) is 0 Å². The zero-order valence-electron chi connectivity index (χ0n) is 17.3. The average Bonchev–Trinajstić information content (AvgIpc) is 3.46. The molecule has 1 fully saturated rings. The molecule has 1 unspecified atom stereocenters. The van der Waals surface area contributed by atoms with Crippen molar-refractivity contribution < 1.29 is 9.32 Å². The maximum absolute atomic E-state index is 13.1. The Morgan fingerprint density at radius 3 is 2.50 bits per heavy atom. The predicted molar refractivity (Wildman–Crippen MR) is 116 cm³/mol. The molecule has 2 aliphatic rings. The molecule has 2 heterocycles. The number of hydrogen-bond acceptors (Lipinski definition) is 4. The van der Waals surface area contributed by atoms with Crippen LogP contribution < -0.4 is 0 Å². The SMILES string of the molecule is CN(C(=O)c1cc(-c2ccccc2)on1)C1CCCN(C2Cc3ccccc3C2)C1. The first-order valence-electron chi connectivity index (χ1n) is 10.8. The lowest BCUT2D eigenvalue weighted by Crippen LogP contribution is -2.51. The Hall–Kier alpha value is -2.92. The summed E-state index contributed by atoms with van der Waals surface area (Å²) in [7, 11) is 1.90. The molecule has 1 amide bonds. The van der Waals surface area contributed by atoms with Gasteiger partial charge in [0.05, 0.1) is 0 Å². The van der Waals surface area contributed by atoms with E-state index < -0.39 is 0 Å². The highest BCUT2D eigenvalue weighted by atomic mass is 16.5. The first-order chi connectivity index (χ1) is 14.7. The molecule has 0 spiro atoms. The molecule has 3 aromatic rings. The van der Waals surface area contributed by atoms with Crippen LogP contribution in [0.4, 0.5) is 0 Å². The van der Waals surface area contributed by atoms with Gasteiger partial charge in [0.1, 0.15) is 0 Å². The van der Waals surface area contributed by atoms with Crippen molar-refractivity contribution >= 4 is 5.91 Å². The lowest BCUT2D eigenvalue weighted by Gasteiger charge is -2.40. The van der Waals surface area contributed by atoms with E-state index in [9.17, 15) is 4.79 Å². The minimum Gasteiger partial charge on any atom is -0.355 e. The Kier molecular flexibility index (Phi) is 5.13. The summed E-state index contributed by atoms with van der Waals surface area (Å²) < 4.78 is 5.44. The molecule has 0 saturated carbocycles. The van der Waals surface area contributed by atoms with Crippen LogP contribution in [0.25, 0.3) is 11.3 Å². The molecule has 5 nitrogen and oxygen atoms in total. The van der Waals surface area contributed by atoms with Crippen LogP contribution in [0, 0.1) is 0 Å². The Morgan fingerprint density at radius 1 is 1.07 bits per heavy atom. The largest absolute Gasteiger partial charge is 0.355 e. The Morgan fingerprint density at radius 2 is 1.77 bits per heavy atom. The predicted octanol–water partition coefficient (Wildman–Crippen LogP) is 4.05. The average molecular weight is 402 g/mol. The van der Waals surface area contributed by atoms with E-state index in [-0.39, 0.29) is 11.9 Å². The monoisotopic (exact) mass is 401 g/mol. The van der Waals surface area contributed by atoms with E-state index in [0.29, 0.717) is 17.5 Å². The highest BCUT2D eigenvalue weighted by Crippen LogP contribution is 2.29. The number of likely N-dealkylation sites (N-methyl/N-ethyl adjacent to an activating group) is 1. The molecule has 1 aliphatic carbocycles. The maximum Gasteiger partial charge on any atom is 0.276 e. The highest BCUT2D eigenvalue weighted by Gasteiger charge is 2.33. The van der Waals surface area contributed by atoms with Crippen LogP contribution in [0.1, 0.15) is 34.5 Å². The molecular formula is C25H27N3O2. The summed E-state index contributed by atoms with van der Waals surface area (Å²) in [4.78, 5) is 17.5. The second-order valence-electron chi connectivity index (χ2n) is 8.48. The molecule has 1 saturated heterocycles. The Labute approximate surface area is 177 Å². The van der Waals surface area contributed by atoms with Gasteiger partial charge in [0.25, 0.3) is 5.91 Å². The van der Waals surface area contributed by atoms with Crippen LogP contribution in [0.15, 0.2) is 65.2 Å². The third-order valence-electron chi connectivity index (χ3n) is 6.63. The molecule has 5 rings (SSSR count). The lowest BCUT2D eigenvalue weighted by atomic mass is 10.0. The number of aromatic nitrogens is 1. The van der Waals surface area contributed by atoms with E-state index in [4.69, 9.17) is 4.52 Å². The number of carbonyl (C=O) groups excluding carboxylic acids is 1. The summed E-state index contributed by atoms with van der Waals surface area (Å²) in [5, 5.41) is 4.05. The van der Waals surface area contributed by atoms with Crippen molar-refractivity contribution in [2.24, 2.45) is 0 Å². The van der Waals surface area contributed by atoms with Gasteiger partial charge in [-0.15, -0.1) is 0 Å². The molecule has 0 bridgehead atoms. The Bertz CT molecular complexity index is 1000. The number of hydrogen-bond donors (Lipinski definition) is 0. The molecule has 5 heteroatoms. The molecule has 0 radical (unpaired) electrons. The quantitative estimate of drug-likeness (QED) is 0.662. The molecule has 0 N–H and O–H groups in total. The normalized spacial score (nSPS) is 19.6. The van der Waals surface area contributed by atoms with Crippen molar-refractivity contribution in [2.75, 3.05) is 20.1 Å². The van der Waals surface area contributed by atoms with Crippen molar-refractivity contribution in [1.29, 1.82) is 0 Å². The Balaban J connectivity index is 1.25. The zero-order chi connectivity index (χ0) is 20.5. The summed E-state index contributed by atoms with van der Waals surface area (Å²) in [5.41, 5.74) is 4.26. The number of likely N-dealkylation sites (tertiary alicyclic amines) is 1. The number of carbonyl (C=O) groups is 1. The third-order valence-corrected chi connectivity index (χ3v) is 6.63. The standard InChI is InChI=1S/C25H27N3O2/c1-27(25(29)23-16-24(30-26-23)18-8-3-2-4-9-18)21-12-7-13-28(17-21)22-14-19-10-5-6-11-20(19)15-22/h2-6,8-11,16,21-22H,7,12-15,17H2,1H3. The highest BCUT2D eigenvalue weighted by molar-refractivity contribution is 5.93. The van der Waals surface area contributed by atoms with Gasteiger partial charge in [0.15, 0.2) is 11.5 Å². The van der Waals surface area contributed by atoms with Crippen molar-refractivity contribution in [3.05, 3.63) is 77.5 Å². The number of piperidine rings is 1. The smallest absolute Gasteiger partial charge is 0.276 e. The lowest BCUT2D eigenvalue weighted by molar-refractivity contribution is 0.0546. The number of rotatable bonds is 4. The first kappa shape index (κ1) is 19.1. The van der Waals surface area contributed by atoms with E-state index in [1.54, 1.807) is 6.07 Å². The first-order valence-corrected chi connectivity index (χ1v) is 10.8. The summed E-state index contributed by atoms with van der Waals surface area (Å²) in [6.07, 6.45) is 4.37. The molecule has 1 aliphatic heterocycles. The van der Waals surface area contributed by atoms with Crippen LogP contribution in [-0.4, -0.2) is 53.1 Å². The van der Waals surface area contributed by atoms with E-state index >= 15 is 0 Å². The second-order valence-corrected chi connectivity index (χ2v) is 8.48. The fraction of sp³-hybridized carbons (Fsp3) is 0.360. The van der Waals surface area contributed by atoms with Crippen molar-refractivity contribution in [3.8, 4) is 11.3 Å². The van der Waals surface area contributed by atoms with Crippen LogP contribution in [-0.2, 0) is 12.8 Å². The van der Waals surface area contributed by atoms with E-state index in [2.05, 4.69) is 34.3 Å². The van der Waals surface area contributed by atoms with Crippen LogP contribution >= 0.6 is 0 Å². The third kappa shape index (κ3) is 3.65. The molecule has 2 aromatic carbocycles. The van der Waals surface area contributed by atoms with Gasteiger partial charge in [-0.3, -0.25) is 9.69 Å². The van der Waals surface area contributed by atoms with Crippen molar-refractivity contribution in [3.63, 3.8) is 0 Å². The number of nitrogens with zero attached hydrogens (tertiary/aromatic N) is 3. The molecule has 1 aromatic heterocycles. The second kappa shape index (κ2) is 8.07. The van der Waals surface area contributed by atoms with Gasteiger partial charge in [-0.25, -0.2) is 0 Å². The topological polar surface area (TPSA) is 49.6 Å². The fourth-order valence-electron chi connectivity index (χ4n) is 4.89. The van der Waals surface area contributed by atoms with E-state index in [1.807, 2.05) is 42.3 Å². The van der Waals surface area contributed by atoms with E-state index in [1.165, 1.54) is 11.1 Å². The van der Waals surface area contributed by atoms with Gasteiger partial charge in [-0.05, 0) is 43.4 Å². The summed E-state index contributed by atoms with van der Waals surface area (Å²) in [6.45, 7) is 2.03. The minimum atomic E-state index is -0.0671. The molecule has 30 heavy (non-hydrogen) atoms. The van der Waals surface area contributed by atoms with Gasteiger partial charge < -0.3 is 9.42 Å². The summed E-state index contributed by atoms with van der Waals surface area (Å²) in [6, 6.07) is 21.0. The molecular weight excluding hydrogens is 374 g/mol. The van der Waals surface area contributed by atoms with Gasteiger partial charge in [-0.2, -0.15) is 0 Å². The number of amides is 1. The van der Waals surface area contributed by atoms with Crippen molar-refractivity contribution in [1.82, 2.24) is 15.0 Å². The van der Waals surface area contributed by atoms with Gasteiger partial charge in [-0.1, -0.05) is 59.8 Å². The molecule has 1 atom stereocenters. The van der Waals surface area contributed by atoms with Gasteiger partial charge in [0.2, 0.25) is 0 Å². The minimum absolute atomic E-state index is 0.0671. The van der Waals surface area contributed by atoms with Crippen molar-refractivity contribution in [2.45, 2.75) is 37.8 Å². The van der Waals surface area contributed by atoms with Gasteiger partial charge in [0, 0.05) is 37.3 Å². The number of benzene rings is 2. The van der Waals surface area contributed by atoms with E-state index in [0.717, 1.165) is 44.3 Å². The zero-order valence-corrected chi connectivity index (χ0v) is 17.3. The fourth-order valence-corrected chi connectivity index (χ4v) is 4.89. The van der Waals surface area contributed by atoms with Crippen LogP contribution in [0.2, 0.25) is 0 Å². The number of fused-ring (bicyclic) bond motifs is 1. The summed E-state index contributed by atoms with van der Waals surface area (Å²) >= 11 is 0. The summed E-state index contributed by atoms with van der Waals surface area (Å²) in [5.74, 6) is 0.559. The van der Waals surface area contributed by atoms with Gasteiger partial charge >= 0.3 is 0 Å². The van der Waals surface area contributed by atoms with Crippen LogP contribution in [0.5, 0.6) is 0 Å². The maximum atomic E-state index is 13.1. The molecule has 154 valence electrons.